The molecule has 1 N–H and O–H groups in total. The van der Waals surface area contributed by atoms with E-state index in [1.807, 2.05) is 0 Å². The number of imide groups is 1. The molecule has 8 nitrogen and oxygen atoms in total. The number of nitro groups is 1. The van der Waals surface area contributed by atoms with Crippen LogP contribution >= 0.6 is 0 Å². The zero-order valence-electron chi connectivity index (χ0n) is 12.8. The summed E-state index contributed by atoms with van der Waals surface area (Å²) in [5, 5.41) is 13.7. The van der Waals surface area contributed by atoms with Gasteiger partial charge in [-0.15, -0.1) is 0 Å². The molecule has 0 aliphatic carbocycles. The first-order valence-corrected chi connectivity index (χ1v) is 7.21. The second-order valence-corrected chi connectivity index (χ2v) is 5.55. The van der Waals surface area contributed by atoms with Gasteiger partial charge in [-0.25, -0.2) is 4.79 Å². The molecule has 1 saturated heterocycles. The topological polar surface area (TPSA) is 105 Å². The Bertz CT molecular complexity index is 824. The highest BCUT2D eigenvalue weighted by Crippen LogP contribution is 2.29. The van der Waals surface area contributed by atoms with Gasteiger partial charge in [-0.3, -0.25) is 24.8 Å². The fraction of sp³-hybridized carbons (Fsp3) is 0.188. The van der Waals surface area contributed by atoms with Gasteiger partial charge in [-0.1, -0.05) is 24.3 Å². The van der Waals surface area contributed by atoms with Crippen LogP contribution in [-0.2, 0) is 16.9 Å². The molecule has 1 aromatic carbocycles. The lowest BCUT2D eigenvalue weighted by atomic mass is 9.97. The van der Waals surface area contributed by atoms with Crippen LogP contribution in [0.4, 0.5) is 10.5 Å². The monoisotopic (exact) mass is 326 g/mol. The number of para-hydroxylation sites is 1. The Balaban J connectivity index is 1.93. The zero-order valence-corrected chi connectivity index (χ0v) is 12.8. The number of rotatable bonds is 4. The molecule has 0 spiro atoms. The maximum atomic E-state index is 12.8. The number of nitro benzene ring substituents is 1. The molecule has 2 heterocycles. The van der Waals surface area contributed by atoms with E-state index < -0.39 is 22.4 Å². The summed E-state index contributed by atoms with van der Waals surface area (Å²) in [4.78, 5) is 40.7. The third-order valence-electron chi connectivity index (χ3n) is 3.97. The lowest BCUT2D eigenvalue weighted by molar-refractivity contribution is -0.385. The number of nitrogens with zero attached hydrogens (tertiary/aromatic N) is 3. The summed E-state index contributed by atoms with van der Waals surface area (Å²) < 4.78 is 0. The number of hydrogen-bond acceptors (Lipinski definition) is 5. The van der Waals surface area contributed by atoms with Crippen molar-refractivity contribution in [2.45, 2.75) is 19.0 Å². The number of nitrogens with one attached hydrogen (secondary N) is 1. The maximum Gasteiger partial charge on any atom is 0.325 e. The molecule has 24 heavy (non-hydrogen) atoms. The molecule has 1 aliphatic rings. The van der Waals surface area contributed by atoms with E-state index in [9.17, 15) is 19.7 Å². The van der Waals surface area contributed by atoms with Gasteiger partial charge < -0.3 is 5.32 Å². The number of carbonyl (C=O) groups excluding carboxylic acids is 2. The minimum Gasteiger partial charge on any atom is -0.318 e. The first kappa shape index (κ1) is 15.6. The maximum absolute atomic E-state index is 12.8. The summed E-state index contributed by atoms with van der Waals surface area (Å²) in [6.07, 6.45) is 1.53. The summed E-state index contributed by atoms with van der Waals surface area (Å²) in [5.74, 6) is -0.496. The van der Waals surface area contributed by atoms with Crippen molar-refractivity contribution in [2.75, 3.05) is 0 Å². The SMILES string of the molecule is C[C@@]1(c2ccccn2)NC(=O)N(Cc2ccccc2[N+](=O)[O-])C1=O. The Labute approximate surface area is 137 Å². The second-order valence-electron chi connectivity index (χ2n) is 5.55. The van der Waals surface area contributed by atoms with Crippen LogP contribution in [0.5, 0.6) is 0 Å². The molecule has 1 aliphatic heterocycles. The van der Waals surface area contributed by atoms with E-state index in [0.29, 0.717) is 5.69 Å². The third kappa shape index (κ3) is 2.47. The number of aromatic nitrogens is 1. The minimum absolute atomic E-state index is 0.135. The van der Waals surface area contributed by atoms with Gasteiger partial charge in [0.1, 0.15) is 0 Å². The van der Waals surface area contributed by atoms with Gasteiger partial charge in [0.25, 0.3) is 11.6 Å². The highest BCUT2D eigenvalue weighted by atomic mass is 16.6. The lowest BCUT2D eigenvalue weighted by Crippen LogP contribution is -2.41. The minimum atomic E-state index is -1.29. The van der Waals surface area contributed by atoms with E-state index in [1.54, 1.807) is 31.2 Å². The third-order valence-corrected chi connectivity index (χ3v) is 3.97. The largest absolute Gasteiger partial charge is 0.325 e. The van der Waals surface area contributed by atoms with Crippen molar-refractivity contribution in [3.63, 3.8) is 0 Å². The molecule has 8 heteroatoms. The molecule has 122 valence electrons. The number of benzene rings is 1. The summed E-state index contributed by atoms with van der Waals surface area (Å²) in [6, 6.07) is 10.5. The van der Waals surface area contributed by atoms with E-state index in [2.05, 4.69) is 10.3 Å². The van der Waals surface area contributed by atoms with Crippen molar-refractivity contribution in [3.8, 4) is 0 Å². The van der Waals surface area contributed by atoms with Crippen molar-refractivity contribution < 1.29 is 14.5 Å². The molecule has 1 aromatic heterocycles. The van der Waals surface area contributed by atoms with Crippen LogP contribution in [-0.4, -0.2) is 26.7 Å². The molecule has 0 saturated carbocycles. The average Bonchev–Trinajstić information content (AvgIpc) is 2.80. The van der Waals surface area contributed by atoms with Crippen molar-refractivity contribution in [1.82, 2.24) is 15.2 Å². The number of amides is 3. The van der Waals surface area contributed by atoms with Crippen molar-refractivity contribution in [1.29, 1.82) is 0 Å². The van der Waals surface area contributed by atoms with Gasteiger partial charge in [0, 0.05) is 17.8 Å². The Morgan fingerprint density at radius 2 is 1.92 bits per heavy atom. The average molecular weight is 326 g/mol. The molecular weight excluding hydrogens is 312 g/mol. The number of urea groups is 1. The Kier molecular flexibility index (Phi) is 3.72. The molecular formula is C16H14N4O4. The smallest absolute Gasteiger partial charge is 0.318 e. The zero-order chi connectivity index (χ0) is 17.3. The van der Waals surface area contributed by atoms with Gasteiger partial charge in [0.15, 0.2) is 5.54 Å². The Hall–Kier alpha value is -3.29. The predicted octanol–water partition coefficient (Wildman–Crippen LogP) is 1.96. The Morgan fingerprint density at radius 3 is 2.58 bits per heavy atom. The molecule has 2 aromatic rings. The Morgan fingerprint density at radius 1 is 1.21 bits per heavy atom. The highest BCUT2D eigenvalue weighted by Gasteiger charge is 2.50. The van der Waals surface area contributed by atoms with E-state index in [0.717, 1.165) is 4.90 Å². The second kappa shape index (κ2) is 5.73. The van der Waals surface area contributed by atoms with Crippen LogP contribution in [0.1, 0.15) is 18.2 Å². The van der Waals surface area contributed by atoms with Gasteiger partial charge in [-0.2, -0.15) is 0 Å². The fourth-order valence-corrected chi connectivity index (χ4v) is 2.67. The van der Waals surface area contributed by atoms with E-state index in [-0.39, 0.29) is 17.8 Å². The van der Waals surface area contributed by atoms with Crippen molar-refractivity contribution in [2.24, 2.45) is 0 Å². The number of pyridine rings is 1. The van der Waals surface area contributed by atoms with Crippen molar-refractivity contribution >= 4 is 17.6 Å². The molecule has 1 atom stereocenters. The number of hydrogen-bond donors (Lipinski definition) is 1. The van der Waals surface area contributed by atoms with Crippen LogP contribution in [0, 0.1) is 10.1 Å². The van der Waals surface area contributed by atoms with Crippen LogP contribution in [0.2, 0.25) is 0 Å². The van der Waals surface area contributed by atoms with Gasteiger partial charge >= 0.3 is 6.03 Å². The van der Waals surface area contributed by atoms with Gasteiger partial charge in [0.2, 0.25) is 0 Å². The first-order valence-electron chi connectivity index (χ1n) is 7.21. The highest BCUT2D eigenvalue weighted by molar-refractivity contribution is 6.06. The van der Waals surface area contributed by atoms with E-state index in [1.165, 1.54) is 24.4 Å². The summed E-state index contributed by atoms with van der Waals surface area (Å²) in [6.45, 7) is 1.39. The molecule has 0 radical (unpaired) electrons. The van der Waals surface area contributed by atoms with Crippen LogP contribution in [0.15, 0.2) is 48.7 Å². The molecule has 3 rings (SSSR count). The van der Waals surface area contributed by atoms with E-state index >= 15 is 0 Å². The quantitative estimate of drug-likeness (QED) is 0.525. The fourth-order valence-electron chi connectivity index (χ4n) is 2.67. The molecule has 0 unspecified atom stereocenters. The lowest BCUT2D eigenvalue weighted by Gasteiger charge is -2.20. The van der Waals surface area contributed by atoms with Crippen molar-refractivity contribution in [3.05, 3.63) is 70.0 Å². The molecule has 0 bridgehead atoms. The summed E-state index contributed by atoms with van der Waals surface area (Å²) in [5.41, 5.74) is -0.726. The van der Waals surface area contributed by atoms with Crippen LogP contribution in [0.25, 0.3) is 0 Å². The van der Waals surface area contributed by atoms with Gasteiger partial charge in [-0.05, 0) is 19.1 Å². The van der Waals surface area contributed by atoms with Crippen LogP contribution in [0.3, 0.4) is 0 Å². The summed E-state index contributed by atoms with van der Waals surface area (Å²) in [7, 11) is 0. The number of carbonyl (C=O) groups is 2. The van der Waals surface area contributed by atoms with Gasteiger partial charge in [0.05, 0.1) is 17.2 Å². The molecule has 3 amide bonds. The van der Waals surface area contributed by atoms with Crippen LogP contribution < -0.4 is 5.32 Å². The predicted molar refractivity (Wildman–Crippen MR) is 83.8 cm³/mol. The normalized spacial score (nSPS) is 20.1. The first-order chi connectivity index (χ1) is 11.4. The summed E-state index contributed by atoms with van der Waals surface area (Å²) >= 11 is 0. The molecule has 1 fully saturated rings. The standard InChI is InChI=1S/C16H14N4O4/c1-16(13-8-4-5-9-17-13)14(21)19(15(22)18-16)10-11-6-2-3-7-12(11)20(23)24/h2-9H,10H2,1H3,(H,18,22)/t16-/m0/s1. The van der Waals surface area contributed by atoms with E-state index in [4.69, 9.17) is 0 Å².